The Bertz CT molecular complexity index is 317. The van der Waals surface area contributed by atoms with E-state index in [4.69, 9.17) is 4.74 Å². The van der Waals surface area contributed by atoms with Gasteiger partial charge in [-0.25, -0.2) is 4.57 Å². The van der Waals surface area contributed by atoms with E-state index in [0.717, 1.165) is 12.8 Å². The molecule has 1 aliphatic heterocycles. The van der Waals surface area contributed by atoms with Crippen molar-refractivity contribution < 1.29 is 9.66 Å². The molecule has 2 rings (SSSR count). The van der Waals surface area contributed by atoms with E-state index >= 15 is 0 Å². The van der Waals surface area contributed by atoms with Gasteiger partial charge in [0.25, 0.3) is 0 Å². The van der Waals surface area contributed by atoms with E-state index in [-0.39, 0.29) is 12.2 Å². The van der Waals surface area contributed by atoms with Crippen LogP contribution in [0.15, 0.2) is 12.4 Å². The molecule has 6 heteroatoms. The van der Waals surface area contributed by atoms with E-state index in [1.165, 1.54) is 10.8 Å². The van der Waals surface area contributed by atoms with E-state index in [0.29, 0.717) is 6.61 Å². The smallest absolute Gasteiger partial charge is 0.390 e. The lowest BCUT2D eigenvalue weighted by Crippen LogP contribution is -2.09. The van der Waals surface area contributed by atoms with Gasteiger partial charge in [0.1, 0.15) is 12.4 Å². The van der Waals surface area contributed by atoms with Gasteiger partial charge in [-0.05, 0) is 11.3 Å². The third-order valence-corrected chi connectivity index (χ3v) is 2.03. The van der Waals surface area contributed by atoms with Crippen molar-refractivity contribution in [1.82, 2.24) is 9.55 Å². The monoisotopic (exact) mass is 183 g/mol. The molecule has 1 saturated heterocycles. The molecule has 2 heterocycles. The molecule has 0 spiro atoms. The second-order valence-electron chi connectivity index (χ2n) is 2.86. The van der Waals surface area contributed by atoms with Gasteiger partial charge in [-0.2, -0.15) is 0 Å². The number of hydrogen-bond acceptors (Lipinski definition) is 4. The molecule has 0 aliphatic carbocycles. The van der Waals surface area contributed by atoms with Gasteiger partial charge in [-0.15, -0.1) is 0 Å². The molecule has 1 atom stereocenters. The third-order valence-electron chi connectivity index (χ3n) is 2.03. The van der Waals surface area contributed by atoms with Gasteiger partial charge in [0.05, 0.1) is 6.61 Å². The van der Waals surface area contributed by atoms with E-state index in [1.54, 1.807) is 6.20 Å². The average Bonchev–Trinajstić information content (AvgIpc) is 2.74. The maximum atomic E-state index is 10.5. The Morgan fingerprint density at radius 3 is 3.23 bits per heavy atom. The van der Waals surface area contributed by atoms with Crippen molar-refractivity contribution in [2.45, 2.75) is 19.1 Å². The van der Waals surface area contributed by atoms with Crippen LogP contribution in [0, 0.1) is 10.1 Å². The van der Waals surface area contributed by atoms with Gasteiger partial charge in [0, 0.05) is 6.42 Å². The fraction of sp³-hybridized carbons (Fsp3) is 0.571. The third kappa shape index (κ3) is 1.40. The minimum Gasteiger partial charge on any atom is -0.390 e. The Hall–Kier alpha value is -1.43. The summed E-state index contributed by atoms with van der Waals surface area (Å²) >= 11 is 0. The Morgan fingerprint density at radius 2 is 2.62 bits per heavy atom. The zero-order valence-corrected chi connectivity index (χ0v) is 6.92. The molecule has 1 unspecified atom stereocenters. The fourth-order valence-corrected chi connectivity index (χ4v) is 1.45. The molecule has 0 saturated carbocycles. The highest BCUT2D eigenvalue weighted by Crippen LogP contribution is 2.26. The fourth-order valence-electron chi connectivity index (χ4n) is 1.45. The molecular weight excluding hydrogens is 174 g/mol. The lowest BCUT2D eigenvalue weighted by atomic mass is 10.3. The van der Waals surface area contributed by atoms with E-state index < -0.39 is 4.92 Å². The van der Waals surface area contributed by atoms with Crippen LogP contribution in [-0.4, -0.2) is 21.1 Å². The SMILES string of the molecule is O=[N+]([O-])c1nccn1C1CCCO1. The van der Waals surface area contributed by atoms with Gasteiger partial charge >= 0.3 is 5.95 Å². The molecule has 1 aliphatic rings. The van der Waals surface area contributed by atoms with Gasteiger partial charge in [-0.3, -0.25) is 0 Å². The first kappa shape index (κ1) is 8.18. The summed E-state index contributed by atoms with van der Waals surface area (Å²) in [5, 5.41) is 10.5. The zero-order valence-electron chi connectivity index (χ0n) is 6.92. The summed E-state index contributed by atoms with van der Waals surface area (Å²) in [6, 6.07) is 0. The summed E-state index contributed by atoms with van der Waals surface area (Å²) in [6.45, 7) is 0.667. The van der Waals surface area contributed by atoms with Gasteiger partial charge in [0.2, 0.25) is 0 Å². The predicted octanol–water partition coefficient (Wildman–Crippen LogP) is 1.10. The lowest BCUT2D eigenvalue weighted by molar-refractivity contribution is -0.398. The molecule has 70 valence electrons. The van der Waals surface area contributed by atoms with Crippen molar-refractivity contribution in [3.8, 4) is 0 Å². The van der Waals surface area contributed by atoms with Crippen LogP contribution in [0.1, 0.15) is 19.1 Å². The summed E-state index contributed by atoms with van der Waals surface area (Å²) in [5.74, 6) is -0.146. The number of imidazole rings is 1. The van der Waals surface area contributed by atoms with Crippen LogP contribution in [0.2, 0.25) is 0 Å². The quantitative estimate of drug-likeness (QED) is 0.508. The number of nitro groups is 1. The number of aromatic nitrogens is 2. The lowest BCUT2D eigenvalue weighted by Gasteiger charge is -2.07. The summed E-state index contributed by atoms with van der Waals surface area (Å²) in [7, 11) is 0. The molecule has 1 aromatic heterocycles. The molecule has 0 radical (unpaired) electrons. The first-order valence-corrected chi connectivity index (χ1v) is 4.08. The van der Waals surface area contributed by atoms with Crippen molar-refractivity contribution in [2.24, 2.45) is 0 Å². The highest BCUT2D eigenvalue weighted by molar-refractivity contribution is 5.07. The van der Waals surface area contributed by atoms with Crippen molar-refractivity contribution in [1.29, 1.82) is 0 Å². The first-order chi connectivity index (χ1) is 6.29. The summed E-state index contributed by atoms with van der Waals surface area (Å²) in [4.78, 5) is 13.7. The largest absolute Gasteiger partial charge is 0.436 e. The zero-order chi connectivity index (χ0) is 9.26. The molecule has 0 aromatic carbocycles. The minimum absolute atomic E-state index is 0.146. The molecular formula is C7H9N3O3. The highest BCUT2D eigenvalue weighted by Gasteiger charge is 2.26. The van der Waals surface area contributed by atoms with Crippen LogP contribution in [0.3, 0.4) is 0 Å². The Labute approximate surface area is 74.3 Å². The van der Waals surface area contributed by atoms with E-state index in [1.807, 2.05) is 0 Å². The predicted molar refractivity (Wildman–Crippen MR) is 43.1 cm³/mol. The molecule has 0 bridgehead atoms. The summed E-state index contributed by atoms with van der Waals surface area (Å²) in [5.41, 5.74) is 0. The van der Waals surface area contributed by atoms with Crippen LogP contribution < -0.4 is 0 Å². The molecule has 0 N–H and O–H groups in total. The molecule has 1 aromatic rings. The molecule has 0 amide bonds. The highest BCUT2D eigenvalue weighted by atomic mass is 16.6. The number of nitrogens with zero attached hydrogens (tertiary/aromatic N) is 3. The van der Waals surface area contributed by atoms with Crippen LogP contribution in [0.4, 0.5) is 5.95 Å². The first-order valence-electron chi connectivity index (χ1n) is 4.08. The van der Waals surface area contributed by atoms with Gasteiger partial charge < -0.3 is 14.9 Å². The topological polar surface area (TPSA) is 70.2 Å². The van der Waals surface area contributed by atoms with E-state index in [2.05, 4.69) is 4.98 Å². The number of hydrogen-bond donors (Lipinski definition) is 0. The van der Waals surface area contributed by atoms with Gasteiger partial charge in [-0.1, -0.05) is 4.98 Å². The standard InChI is InChI=1S/C7H9N3O3/c11-10(12)7-8-3-4-9(7)6-2-1-5-13-6/h3-4,6H,1-2,5H2. The van der Waals surface area contributed by atoms with Crippen molar-refractivity contribution >= 4 is 5.95 Å². The number of rotatable bonds is 2. The minimum atomic E-state index is -0.498. The summed E-state index contributed by atoms with van der Waals surface area (Å²) in [6.07, 6.45) is 4.55. The molecule has 1 fully saturated rings. The van der Waals surface area contributed by atoms with Crippen molar-refractivity contribution in [3.63, 3.8) is 0 Å². The van der Waals surface area contributed by atoms with Crippen LogP contribution in [0.25, 0.3) is 0 Å². The maximum Gasteiger partial charge on any atom is 0.436 e. The number of ether oxygens (including phenoxy) is 1. The van der Waals surface area contributed by atoms with Crippen LogP contribution in [-0.2, 0) is 4.74 Å². The molecule has 6 nitrogen and oxygen atoms in total. The summed E-state index contributed by atoms with van der Waals surface area (Å²) < 4.78 is 6.77. The second kappa shape index (κ2) is 3.14. The van der Waals surface area contributed by atoms with E-state index in [9.17, 15) is 10.1 Å². The van der Waals surface area contributed by atoms with Crippen molar-refractivity contribution in [3.05, 3.63) is 22.5 Å². The van der Waals surface area contributed by atoms with Crippen LogP contribution >= 0.6 is 0 Å². The Balaban J connectivity index is 2.28. The Morgan fingerprint density at radius 1 is 1.77 bits per heavy atom. The average molecular weight is 183 g/mol. The second-order valence-corrected chi connectivity index (χ2v) is 2.86. The maximum absolute atomic E-state index is 10.5. The molecule has 13 heavy (non-hydrogen) atoms. The normalized spacial score (nSPS) is 22.0. The van der Waals surface area contributed by atoms with Crippen LogP contribution in [0.5, 0.6) is 0 Å². The Kier molecular flexibility index (Phi) is 1.97. The van der Waals surface area contributed by atoms with Gasteiger partial charge in [0.15, 0.2) is 6.23 Å². The van der Waals surface area contributed by atoms with Crippen molar-refractivity contribution in [2.75, 3.05) is 6.61 Å².